The predicted octanol–water partition coefficient (Wildman–Crippen LogP) is 2.37. The highest BCUT2D eigenvalue weighted by Crippen LogP contribution is 2.38. The Morgan fingerprint density at radius 3 is 2.91 bits per heavy atom. The van der Waals surface area contributed by atoms with E-state index in [9.17, 15) is 9.59 Å². The molecule has 2 aliphatic rings. The van der Waals surface area contributed by atoms with Gasteiger partial charge >= 0.3 is 0 Å². The van der Waals surface area contributed by atoms with E-state index in [0.717, 1.165) is 24.3 Å². The third-order valence-electron chi connectivity index (χ3n) is 4.57. The van der Waals surface area contributed by atoms with Crippen molar-refractivity contribution in [3.05, 3.63) is 46.5 Å². The summed E-state index contributed by atoms with van der Waals surface area (Å²) in [6.45, 7) is 0.778. The number of nitrogens with one attached hydrogen (secondary N) is 1. The molecular weight excluding hydrogens is 300 g/mol. The Kier molecular flexibility index (Phi) is 3.26. The highest BCUT2D eigenvalue weighted by Gasteiger charge is 2.47. The summed E-state index contributed by atoms with van der Waals surface area (Å²) in [6.07, 6.45) is 4.92. The molecule has 0 aromatic carbocycles. The van der Waals surface area contributed by atoms with Gasteiger partial charge in [0.25, 0.3) is 11.8 Å². The second-order valence-corrected chi connectivity index (χ2v) is 6.88. The first-order valence-corrected chi connectivity index (χ1v) is 8.28. The summed E-state index contributed by atoms with van der Waals surface area (Å²) in [5.74, 6) is 0.439. The average molecular weight is 316 g/mol. The zero-order valence-corrected chi connectivity index (χ0v) is 12.7. The van der Waals surface area contributed by atoms with Crippen molar-refractivity contribution in [2.75, 3.05) is 6.54 Å². The molecule has 2 bridgehead atoms. The molecule has 2 amide bonds. The number of furan rings is 1. The number of carbonyl (C=O) groups excluding carboxylic acids is 2. The second-order valence-electron chi connectivity index (χ2n) is 5.93. The molecule has 2 aromatic rings. The van der Waals surface area contributed by atoms with Gasteiger partial charge in [0.15, 0.2) is 0 Å². The minimum atomic E-state index is -0.0386. The molecule has 0 spiro atoms. The molecule has 0 unspecified atom stereocenters. The molecule has 1 aliphatic carbocycles. The zero-order chi connectivity index (χ0) is 15.1. The molecule has 1 N–H and O–H groups in total. The molecule has 1 saturated carbocycles. The van der Waals surface area contributed by atoms with Crippen molar-refractivity contribution in [1.82, 2.24) is 10.2 Å². The molecule has 2 fully saturated rings. The normalized spacial score (nSPS) is 26.4. The van der Waals surface area contributed by atoms with Crippen LogP contribution in [-0.2, 0) is 0 Å². The van der Waals surface area contributed by atoms with Crippen LogP contribution >= 0.6 is 11.3 Å². The largest absolute Gasteiger partial charge is 0.472 e. The minimum Gasteiger partial charge on any atom is -0.472 e. The monoisotopic (exact) mass is 316 g/mol. The van der Waals surface area contributed by atoms with E-state index in [1.165, 1.54) is 23.9 Å². The second kappa shape index (κ2) is 5.28. The Morgan fingerprint density at radius 1 is 1.32 bits per heavy atom. The van der Waals surface area contributed by atoms with E-state index in [0.29, 0.717) is 11.5 Å². The number of hydrogen-bond donors (Lipinski definition) is 1. The molecule has 6 heteroatoms. The van der Waals surface area contributed by atoms with Crippen molar-refractivity contribution < 1.29 is 14.0 Å². The van der Waals surface area contributed by atoms with E-state index in [1.807, 2.05) is 22.4 Å². The average Bonchev–Trinajstić information content (AvgIpc) is 3.28. The van der Waals surface area contributed by atoms with Gasteiger partial charge in [-0.1, -0.05) is 6.07 Å². The summed E-state index contributed by atoms with van der Waals surface area (Å²) in [4.78, 5) is 27.3. The van der Waals surface area contributed by atoms with Gasteiger partial charge in [0, 0.05) is 12.6 Å². The fraction of sp³-hybridized carbons (Fsp3) is 0.375. The van der Waals surface area contributed by atoms with Gasteiger partial charge in [0.2, 0.25) is 0 Å². The maximum atomic E-state index is 12.5. The molecule has 1 saturated heterocycles. The topological polar surface area (TPSA) is 62.6 Å². The Labute approximate surface area is 131 Å². The van der Waals surface area contributed by atoms with Crippen LogP contribution in [0.1, 0.15) is 32.9 Å². The van der Waals surface area contributed by atoms with E-state index in [-0.39, 0.29) is 23.9 Å². The lowest BCUT2D eigenvalue weighted by Gasteiger charge is -2.33. The van der Waals surface area contributed by atoms with Crippen molar-refractivity contribution in [3.63, 3.8) is 0 Å². The van der Waals surface area contributed by atoms with Crippen LogP contribution < -0.4 is 5.32 Å². The van der Waals surface area contributed by atoms with Gasteiger partial charge in [-0.3, -0.25) is 9.59 Å². The smallest absolute Gasteiger partial charge is 0.261 e. The number of thiophene rings is 1. The summed E-state index contributed by atoms with van der Waals surface area (Å²) in [6, 6.07) is 5.52. The van der Waals surface area contributed by atoms with E-state index < -0.39 is 0 Å². The molecule has 3 atom stereocenters. The van der Waals surface area contributed by atoms with Gasteiger partial charge in [-0.2, -0.15) is 0 Å². The first-order chi connectivity index (χ1) is 10.7. The fourth-order valence-corrected chi connectivity index (χ4v) is 4.24. The first-order valence-electron chi connectivity index (χ1n) is 7.40. The van der Waals surface area contributed by atoms with Gasteiger partial charge in [-0.15, -0.1) is 11.3 Å². The number of likely N-dealkylation sites (tertiary alicyclic amines) is 1. The van der Waals surface area contributed by atoms with Crippen LogP contribution in [0.2, 0.25) is 0 Å². The van der Waals surface area contributed by atoms with E-state index in [4.69, 9.17) is 4.42 Å². The number of hydrogen-bond acceptors (Lipinski definition) is 4. The van der Waals surface area contributed by atoms with Gasteiger partial charge in [0.1, 0.15) is 6.26 Å². The number of carbonyl (C=O) groups is 2. The summed E-state index contributed by atoms with van der Waals surface area (Å²) < 4.78 is 5.00. The molecule has 5 nitrogen and oxygen atoms in total. The molecule has 3 heterocycles. The predicted molar refractivity (Wildman–Crippen MR) is 81.8 cm³/mol. The maximum Gasteiger partial charge on any atom is 0.261 e. The molecule has 4 rings (SSSR count). The molecule has 2 aromatic heterocycles. The number of nitrogens with zero attached hydrogens (tertiary/aromatic N) is 1. The summed E-state index contributed by atoms with van der Waals surface area (Å²) in [5.41, 5.74) is 0.580. The van der Waals surface area contributed by atoms with E-state index in [2.05, 4.69) is 5.32 Å². The molecule has 0 radical (unpaired) electrons. The molecule has 114 valence electrons. The van der Waals surface area contributed by atoms with E-state index in [1.54, 1.807) is 6.07 Å². The van der Waals surface area contributed by atoms with Gasteiger partial charge in [0.05, 0.1) is 22.7 Å². The molecule has 1 aliphatic heterocycles. The maximum absolute atomic E-state index is 12.5. The number of rotatable bonds is 3. The van der Waals surface area contributed by atoms with E-state index >= 15 is 0 Å². The van der Waals surface area contributed by atoms with Crippen LogP contribution in [-0.4, -0.2) is 35.3 Å². The minimum absolute atomic E-state index is 0.00341. The van der Waals surface area contributed by atoms with Gasteiger partial charge in [-0.25, -0.2) is 0 Å². The summed E-state index contributed by atoms with van der Waals surface area (Å²) in [7, 11) is 0. The van der Waals surface area contributed by atoms with Crippen molar-refractivity contribution in [1.29, 1.82) is 0 Å². The Bertz CT molecular complexity index is 678. The number of fused-ring (bicyclic) bond motifs is 2. The van der Waals surface area contributed by atoms with Gasteiger partial charge < -0.3 is 14.6 Å². The van der Waals surface area contributed by atoms with Crippen LogP contribution in [0.15, 0.2) is 40.5 Å². The third-order valence-corrected chi connectivity index (χ3v) is 5.44. The summed E-state index contributed by atoms with van der Waals surface area (Å²) >= 11 is 1.43. The van der Waals surface area contributed by atoms with Crippen molar-refractivity contribution in [3.8, 4) is 0 Å². The fourth-order valence-electron chi connectivity index (χ4n) is 3.61. The highest BCUT2D eigenvalue weighted by atomic mass is 32.1. The standard InChI is InChI=1S/C16H16N2O3S/c19-15(14-2-1-5-22-14)17-12-6-10-7-13(12)18(8-10)16(20)11-3-4-21-9-11/h1-5,9-10,12-13H,6-8H2,(H,17,19)/t10-,12+,13-/m1/s1. The Morgan fingerprint density at radius 2 is 2.23 bits per heavy atom. The zero-order valence-electron chi connectivity index (χ0n) is 11.9. The van der Waals surface area contributed by atoms with Crippen LogP contribution in [0.4, 0.5) is 0 Å². The van der Waals surface area contributed by atoms with Crippen molar-refractivity contribution >= 4 is 23.2 Å². The first kappa shape index (κ1) is 13.6. The lowest BCUT2D eigenvalue weighted by atomic mass is 10.0. The van der Waals surface area contributed by atoms with Crippen LogP contribution in [0.5, 0.6) is 0 Å². The Balaban J connectivity index is 1.47. The molecule has 22 heavy (non-hydrogen) atoms. The lowest BCUT2D eigenvalue weighted by Crippen LogP contribution is -2.51. The highest BCUT2D eigenvalue weighted by molar-refractivity contribution is 7.12. The Hall–Kier alpha value is -2.08. The van der Waals surface area contributed by atoms with Crippen molar-refractivity contribution in [2.45, 2.75) is 24.9 Å². The SMILES string of the molecule is O=C(N[C@H]1C[C@@H]2C[C@H]1N(C(=O)c1ccoc1)C2)c1cccs1. The summed E-state index contributed by atoms with van der Waals surface area (Å²) in [5, 5.41) is 4.99. The third kappa shape index (κ3) is 2.23. The quantitative estimate of drug-likeness (QED) is 0.945. The number of piperidine rings is 1. The number of amides is 2. The van der Waals surface area contributed by atoms with Crippen LogP contribution in [0, 0.1) is 5.92 Å². The van der Waals surface area contributed by atoms with Crippen molar-refractivity contribution in [2.24, 2.45) is 5.92 Å². The van der Waals surface area contributed by atoms with Gasteiger partial charge in [-0.05, 0) is 36.3 Å². The van der Waals surface area contributed by atoms with Crippen LogP contribution in [0.3, 0.4) is 0 Å². The lowest BCUT2D eigenvalue weighted by molar-refractivity contribution is 0.0648. The molecular formula is C16H16N2O3S. The van der Waals surface area contributed by atoms with Crippen LogP contribution in [0.25, 0.3) is 0 Å².